The minimum absolute atomic E-state index is 0.0966. The van der Waals surface area contributed by atoms with Crippen LogP contribution in [0.15, 0.2) is 46.9 Å². The highest BCUT2D eigenvalue weighted by molar-refractivity contribution is 9.10. The SMILES string of the molecule is CCOc1ccc(C(N)C2COc3ccccc32)cc1Br. The van der Waals surface area contributed by atoms with Crippen LogP contribution in [0.25, 0.3) is 0 Å². The Hall–Kier alpha value is -1.52. The maximum Gasteiger partial charge on any atom is 0.133 e. The van der Waals surface area contributed by atoms with Crippen molar-refractivity contribution in [2.45, 2.75) is 18.9 Å². The van der Waals surface area contributed by atoms with Crippen molar-refractivity contribution in [2.24, 2.45) is 5.73 Å². The topological polar surface area (TPSA) is 44.5 Å². The minimum Gasteiger partial charge on any atom is -0.493 e. The van der Waals surface area contributed by atoms with Gasteiger partial charge in [0.15, 0.2) is 0 Å². The van der Waals surface area contributed by atoms with E-state index >= 15 is 0 Å². The molecule has 2 unspecified atom stereocenters. The van der Waals surface area contributed by atoms with Crippen molar-refractivity contribution in [3.05, 3.63) is 58.1 Å². The standard InChI is InChI=1S/C17H18BrNO2/c1-2-20-16-8-7-11(9-14(16)18)17(19)13-10-21-15-6-4-3-5-12(13)15/h3-9,13,17H,2,10,19H2,1H3. The van der Waals surface area contributed by atoms with Crippen LogP contribution in [0, 0.1) is 0 Å². The van der Waals surface area contributed by atoms with Crippen LogP contribution in [0.3, 0.4) is 0 Å². The number of ether oxygens (including phenoxy) is 2. The molecule has 1 aliphatic heterocycles. The molecule has 0 bridgehead atoms. The van der Waals surface area contributed by atoms with Crippen molar-refractivity contribution in [1.82, 2.24) is 0 Å². The molecule has 0 spiro atoms. The molecule has 2 aromatic carbocycles. The Balaban J connectivity index is 1.86. The first-order chi connectivity index (χ1) is 10.2. The molecule has 3 nitrogen and oxygen atoms in total. The van der Waals surface area contributed by atoms with Crippen molar-refractivity contribution in [1.29, 1.82) is 0 Å². The molecule has 0 aromatic heterocycles. The third-order valence-electron chi connectivity index (χ3n) is 3.81. The highest BCUT2D eigenvalue weighted by Crippen LogP contribution is 2.41. The van der Waals surface area contributed by atoms with Crippen molar-refractivity contribution in [3.8, 4) is 11.5 Å². The molecule has 0 radical (unpaired) electrons. The van der Waals surface area contributed by atoms with Crippen LogP contribution in [0.5, 0.6) is 11.5 Å². The number of hydrogen-bond acceptors (Lipinski definition) is 3. The maximum absolute atomic E-state index is 6.47. The maximum atomic E-state index is 6.47. The van der Waals surface area contributed by atoms with Gasteiger partial charge in [0, 0.05) is 17.5 Å². The normalized spacial score (nSPS) is 18.0. The zero-order valence-corrected chi connectivity index (χ0v) is 13.5. The number of rotatable bonds is 4. The lowest BCUT2D eigenvalue weighted by molar-refractivity contribution is 0.315. The summed E-state index contributed by atoms with van der Waals surface area (Å²) >= 11 is 3.54. The summed E-state index contributed by atoms with van der Waals surface area (Å²) in [6.45, 7) is 3.25. The smallest absolute Gasteiger partial charge is 0.133 e. The second-order valence-electron chi connectivity index (χ2n) is 5.10. The van der Waals surface area contributed by atoms with Gasteiger partial charge in [-0.25, -0.2) is 0 Å². The zero-order valence-electron chi connectivity index (χ0n) is 11.9. The third kappa shape index (κ3) is 2.78. The van der Waals surface area contributed by atoms with Gasteiger partial charge < -0.3 is 15.2 Å². The van der Waals surface area contributed by atoms with E-state index in [4.69, 9.17) is 15.2 Å². The molecule has 2 aromatic rings. The molecule has 2 N–H and O–H groups in total. The molecule has 21 heavy (non-hydrogen) atoms. The van der Waals surface area contributed by atoms with Gasteiger partial charge in [-0.1, -0.05) is 24.3 Å². The van der Waals surface area contributed by atoms with E-state index in [0.29, 0.717) is 13.2 Å². The van der Waals surface area contributed by atoms with Gasteiger partial charge in [0.25, 0.3) is 0 Å². The molecule has 0 amide bonds. The number of halogens is 1. The van der Waals surface area contributed by atoms with Crippen molar-refractivity contribution < 1.29 is 9.47 Å². The van der Waals surface area contributed by atoms with Crippen molar-refractivity contribution in [2.75, 3.05) is 13.2 Å². The van der Waals surface area contributed by atoms with Crippen LogP contribution in [0.1, 0.15) is 30.0 Å². The van der Waals surface area contributed by atoms with E-state index in [0.717, 1.165) is 21.5 Å². The summed E-state index contributed by atoms with van der Waals surface area (Å²) in [6, 6.07) is 14.0. The first kappa shape index (κ1) is 14.4. The summed E-state index contributed by atoms with van der Waals surface area (Å²) in [5.41, 5.74) is 8.74. The van der Waals surface area contributed by atoms with Gasteiger partial charge in [0.1, 0.15) is 11.5 Å². The predicted octanol–water partition coefficient (Wildman–Crippen LogP) is 4.02. The van der Waals surface area contributed by atoms with E-state index in [-0.39, 0.29) is 12.0 Å². The summed E-state index contributed by atoms with van der Waals surface area (Å²) in [5.74, 6) is 1.98. The minimum atomic E-state index is -0.0966. The van der Waals surface area contributed by atoms with Crippen LogP contribution >= 0.6 is 15.9 Å². The Kier molecular flexibility index (Phi) is 4.17. The van der Waals surface area contributed by atoms with Crippen LogP contribution in [-0.4, -0.2) is 13.2 Å². The quantitative estimate of drug-likeness (QED) is 0.908. The van der Waals surface area contributed by atoms with E-state index < -0.39 is 0 Å². The van der Waals surface area contributed by atoms with E-state index in [1.807, 2.05) is 43.3 Å². The van der Waals surface area contributed by atoms with E-state index in [9.17, 15) is 0 Å². The monoisotopic (exact) mass is 347 g/mol. The largest absolute Gasteiger partial charge is 0.493 e. The van der Waals surface area contributed by atoms with Gasteiger partial charge >= 0.3 is 0 Å². The molecule has 0 aliphatic carbocycles. The molecule has 1 heterocycles. The predicted molar refractivity (Wildman–Crippen MR) is 86.9 cm³/mol. The molecular weight excluding hydrogens is 330 g/mol. The summed E-state index contributed by atoms with van der Waals surface area (Å²) in [5, 5.41) is 0. The molecule has 4 heteroatoms. The summed E-state index contributed by atoms with van der Waals surface area (Å²) < 4.78 is 12.2. The highest BCUT2D eigenvalue weighted by Gasteiger charge is 2.30. The average Bonchev–Trinajstić information content (AvgIpc) is 2.93. The lowest BCUT2D eigenvalue weighted by atomic mass is 9.89. The Morgan fingerprint density at radius 1 is 1.33 bits per heavy atom. The Morgan fingerprint density at radius 3 is 2.90 bits per heavy atom. The average molecular weight is 348 g/mol. The fourth-order valence-electron chi connectivity index (χ4n) is 2.71. The van der Waals surface area contributed by atoms with Crippen LogP contribution in [0.2, 0.25) is 0 Å². The van der Waals surface area contributed by atoms with Crippen LogP contribution in [-0.2, 0) is 0 Å². The van der Waals surface area contributed by atoms with E-state index in [2.05, 4.69) is 22.0 Å². The second-order valence-corrected chi connectivity index (χ2v) is 5.96. The molecule has 110 valence electrons. The number of fused-ring (bicyclic) bond motifs is 1. The molecule has 3 rings (SSSR count). The Labute approximate surface area is 133 Å². The number of para-hydroxylation sites is 1. The summed E-state index contributed by atoms with van der Waals surface area (Å²) in [4.78, 5) is 0. The number of hydrogen-bond donors (Lipinski definition) is 1. The molecule has 1 aliphatic rings. The Bertz CT molecular complexity index is 644. The summed E-state index contributed by atoms with van der Waals surface area (Å²) in [7, 11) is 0. The summed E-state index contributed by atoms with van der Waals surface area (Å²) in [6.07, 6.45) is 0. The fraction of sp³-hybridized carbons (Fsp3) is 0.294. The van der Waals surface area contributed by atoms with Gasteiger partial charge in [-0.2, -0.15) is 0 Å². The Morgan fingerprint density at radius 2 is 2.14 bits per heavy atom. The van der Waals surface area contributed by atoms with Gasteiger partial charge in [-0.15, -0.1) is 0 Å². The van der Waals surface area contributed by atoms with Gasteiger partial charge in [-0.3, -0.25) is 0 Å². The lowest BCUT2D eigenvalue weighted by Crippen LogP contribution is -2.21. The van der Waals surface area contributed by atoms with E-state index in [1.54, 1.807) is 0 Å². The van der Waals surface area contributed by atoms with Gasteiger partial charge in [0.05, 0.1) is 17.7 Å². The molecule has 0 fully saturated rings. The zero-order chi connectivity index (χ0) is 14.8. The first-order valence-electron chi connectivity index (χ1n) is 7.10. The third-order valence-corrected chi connectivity index (χ3v) is 4.43. The molecule has 0 saturated heterocycles. The second kappa shape index (κ2) is 6.08. The van der Waals surface area contributed by atoms with Crippen LogP contribution < -0.4 is 15.2 Å². The molecule has 0 saturated carbocycles. The van der Waals surface area contributed by atoms with Crippen molar-refractivity contribution >= 4 is 15.9 Å². The first-order valence-corrected chi connectivity index (χ1v) is 7.89. The van der Waals surface area contributed by atoms with E-state index in [1.165, 1.54) is 5.56 Å². The highest BCUT2D eigenvalue weighted by atomic mass is 79.9. The van der Waals surface area contributed by atoms with Gasteiger partial charge in [-0.05, 0) is 46.6 Å². The lowest BCUT2D eigenvalue weighted by Gasteiger charge is -2.19. The van der Waals surface area contributed by atoms with Crippen LogP contribution in [0.4, 0.5) is 0 Å². The number of nitrogens with two attached hydrogens (primary N) is 1. The molecule has 2 atom stereocenters. The van der Waals surface area contributed by atoms with Gasteiger partial charge in [0.2, 0.25) is 0 Å². The molecular formula is C17H18BrNO2. The van der Waals surface area contributed by atoms with Crippen molar-refractivity contribution in [3.63, 3.8) is 0 Å². The fourth-order valence-corrected chi connectivity index (χ4v) is 3.23. The number of benzene rings is 2.